The molecule has 1 N–H and O–H groups in total. The Labute approximate surface area is 110 Å². The summed E-state index contributed by atoms with van der Waals surface area (Å²) in [5.74, 6) is 0.407. The lowest BCUT2D eigenvalue weighted by Crippen LogP contribution is -2.25. The molecule has 19 heavy (non-hydrogen) atoms. The predicted octanol–water partition coefficient (Wildman–Crippen LogP) is 1.72. The average molecular weight is 261 g/mol. The Kier molecular flexibility index (Phi) is 3.82. The zero-order valence-electron chi connectivity index (χ0n) is 11.0. The van der Waals surface area contributed by atoms with Crippen LogP contribution in [0.4, 0.5) is 0 Å². The van der Waals surface area contributed by atoms with Crippen LogP contribution in [0.15, 0.2) is 30.3 Å². The zero-order chi connectivity index (χ0) is 13.8. The summed E-state index contributed by atoms with van der Waals surface area (Å²) in [6.07, 6.45) is 0. The molecule has 0 bridgehead atoms. The fourth-order valence-electron chi connectivity index (χ4n) is 1.68. The van der Waals surface area contributed by atoms with E-state index in [0.29, 0.717) is 17.1 Å². The second-order valence-electron chi connectivity index (χ2n) is 3.85. The monoisotopic (exact) mass is 261 g/mol. The highest BCUT2D eigenvalue weighted by Crippen LogP contribution is 2.28. The number of carbonyl (C=O) groups excluding carboxylic acids is 1. The van der Waals surface area contributed by atoms with E-state index in [-0.39, 0.29) is 5.91 Å². The van der Waals surface area contributed by atoms with Crippen LogP contribution in [0.25, 0.3) is 11.3 Å². The normalized spacial score (nSPS) is 10.3. The average Bonchev–Trinajstić information content (AvgIpc) is 2.95. The van der Waals surface area contributed by atoms with Gasteiger partial charge in [-0.15, -0.1) is 0 Å². The van der Waals surface area contributed by atoms with Crippen molar-refractivity contribution in [3.63, 3.8) is 0 Å². The molecule has 0 aliphatic rings. The number of amides is 1. The van der Waals surface area contributed by atoms with E-state index in [0.717, 1.165) is 10.6 Å². The van der Waals surface area contributed by atoms with Gasteiger partial charge >= 0.3 is 0 Å². The minimum absolute atomic E-state index is 0.295. The molecule has 0 aliphatic carbocycles. The number of para-hydroxylation sites is 1. The molecule has 6 heteroatoms. The second kappa shape index (κ2) is 5.53. The van der Waals surface area contributed by atoms with Crippen molar-refractivity contribution in [3.8, 4) is 17.0 Å². The van der Waals surface area contributed by atoms with Gasteiger partial charge in [-0.2, -0.15) is 5.10 Å². The molecule has 0 aliphatic heterocycles. The summed E-state index contributed by atoms with van der Waals surface area (Å²) in [6.45, 7) is 0. The van der Waals surface area contributed by atoms with Crippen molar-refractivity contribution in [3.05, 3.63) is 36.0 Å². The molecule has 1 heterocycles. The van der Waals surface area contributed by atoms with E-state index in [9.17, 15) is 4.79 Å². The number of nitrogens with zero attached hydrogens (tertiary/aromatic N) is 2. The van der Waals surface area contributed by atoms with E-state index >= 15 is 0 Å². The van der Waals surface area contributed by atoms with Crippen LogP contribution in [-0.2, 0) is 4.84 Å². The molecular formula is C13H15N3O3. The number of aromatic nitrogens is 2. The molecule has 0 radical (unpaired) electrons. The minimum atomic E-state index is -0.295. The van der Waals surface area contributed by atoms with Gasteiger partial charge in [-0.3, -0.25) is 14.7 Å². The van der Waals surface area contributed by atoms with Crippen molar-refractivity contribution >= 4 is 5.91 Å². The van der Waals surface area contributed by atoms with E-state index in [2.05, 4.69) is 10.2 Å². The first-order valence-corrected chi connectivity index (χ1v) is 5.68. The first-order valence-electron chi connectivity index (χ1n) is 5.68. The van der Waals surface area contributed by atoms with Gasteiger partial charge in [0.15, 0.2) is 0 Å². The number of H-pyrrole nitrogens is 1. The first kappa shape index (κ1) is 13.1. The van der Waals surface area contributed by atoms with Crippen molar-refractivity contribution in [2.75, 3.05) is 21.3 Å². The van der Waals surface area contributed by atoms with Crippen molar-refractivity contribution < 1.29 is 14.4 Å². The largest absolute Gasteiger partial charge is 0.496 e. The highest BCUT2D eigenvalue weighted by atomic mass is 16.7. The summed E-state index contributed by atoms with van der Waals surface area (Å²) < 4.78 is 5.26. The summed E-state index contributed by atoms with van der Waals surface area (Å²) in [7, 11) is 4.55. The number of aromatic amines is 1. The molecule has 2 rings (SSSR count). The molecule has 100 valence electrons. The molecule has 1 aromatic heterocycles. The Bertz CT molecular complexity index is 580. The Balaban J connectivity index is 2.33. The third-order valence-corrected chi connectivity index (χ3v) is 2.75. The lowest BCUT2D eigenvalue weighted by Gasteiger charge is -2.11. The quantitative estimate of drug-likeness (QED) is 0.851. The third-order valence-electron chi connectivity index (χ3n) is 2.75. The maximum atomic E-state index is 11.9. The van der Waals surface area contributed by atoms with E-state index in [1.165, 1.54) is 14.2 Å². The molecular weight excluding hydrogens is 246 g/mol. The van der Waals surface area contributed by atoms with Crippen molar-refractivity contribution in [2.45, 2.75) is 0 Å². The van der Waals surface area contributed by atoms with Crippen molar-refractivity contribution in [1.82, 2.24) is 15.3 Å². The molecule has 0 fully saturated rings. The van der Waals surface area contributed by atoms with Crippen LogP contribution in [0.1, 0.15) is 10.5 Å². The summed E-state index contributed by atoms with van der Waals surface area (Å²) in [4.78, 5) is 16.7. The molecule has 6 nitrogen and oxygen atoms in total. The first-order chi connectivity index (χ1) is 9.17. The van der Waals surface area contributed by atoms with Crippen molar-refractivity contribution in [1.29, 1.82) is 0 Å². The lowest BCUT2D eigenvalue weighted by molar-refractivity contribution is -0.0760. The van der Waals surface area contributed by atoms with Crippen LogP contribution in [-0.4, -0.2) is 42.4 Å². The number of nitrogens with one attached hydrogen (secondary N) is 1. The van der Waals surface area contributed by atoms with Gasteiger partial charge in [0.2, 0.25) is 0 Å². The fraction of sp³-hybridized carbons (Fsp3) is 0.231. The maximum Gasteiger partial charge on any atom is 0.295 e. The number of hydroxylamine groups is 2. The van der Waals surface area contributed by atoms with Gasteiger partial charge in [-0.05, 0) is 18.2 Å². The van der Waals surface area contributed by atoms with Crippen LogP contribution in [0.2, 0.25) is 0 Å². The summed E-state index contributed by atoms with van der Waals surface area (Å²) in [5.41, 5.74) is 1.82. The Morgan fingerprint density at radius 1 is 1.32 bits per heavy atom. The van der Waals surface area contributed by atoms with Gasteiger partial charge < -0.3 is 4.74 Å². The molecule has 1 amide bonds. The minimum Gasteiger partial charge on any atom is -0.496 e. The van der Waals surface area contributed by atoms with Crippen LogP contribution in [0.5, 0.6) is 5.75 Å². The fourth-order valence-corrected chi connectivity index (χ4v) is 1.68. The van der Waals surface area contributed by atoms with Gasteiger partial charge in [-0.1, -0.05) is 12.1 Å². The maximum absolute atomic E-state index is 11.9. The molecule has 0 atom stereocenters. The van der Waals surface area contributed by atoms with E-state index < -0.39 is 0 Å². The number of carbonyl (C=O) groups is 1. The highest BCUT2D eigenvalue weighted by Gasteiger charge is 2.16. The molecule has 0 saturated carbocycles. The topological polar surface area (TPSA) is 67.4 Å². The van der Waals surface area contributed by atoms with Gasteiger partial charge in [0.05, 0.1) is 19.9 Å². The number of hydrogen-bond donors (Lipinski definition) is 1. The second-order valence-corrected chi connectivity index (χ2v) is 3.85. The predicted molar refractivity (Wildman–Crippen MR) is 69.7 cm³/mol. The molecule has 0 saturated heterocycles. The number of methoxy groups -OCH3 is 1. The summed E-state index contributed by atoms with van der Waals surface area (Å²) >= 11 is 0. The Morgan fingerprint density at radius 2 is 2.05 bits per heavy atom. The van der Waals surface area contributed by atoms with E-state index in [1.807, 2.05) is 24.3 Å². The number of rotatable bonds is 4. The zero-order valence-corrected chi connectivity index (χ0v) is 11.0. The van der Waals surface area contributed by atoms with Crippen LogP contribution >= 0.6 is 0 Å². The highest BCUT2D eigenvalue weighted by molar-refractivity contribution is 5.92. The summed E-state index contributed by atoms with van der Waals surface area (Å²) in [6, 6.07) is 9.14. The van der Waals surface area contributed by atoms with Crippen molar-refractivity contribution in [2.24, 2.45) is 0 Å². The number of benzene rings is 1. The third kappa shape index (κ3) is 2.58. The van der Waals surface area contributed by atoms with Crippen LogP contribution in [0.3, 0.4) is 0 Å². The standard InChI is InChI=1S/C13H15N3O3/c1-16(19-3)13(17)11-8-10(14-15-11)9-6-4-5-7-12(9)18-2/h4-8H,1-3H3,(H,14,15). The number of ether oxygens (including phenoxy) is 1. The van der Waals surface area contributed by atoms with Gasteiger partial charge in [0, 0.05) is 12.6 Å². The lowest BCUT2D eigenvalue weighted by atomic mass is 10.1. The molecule has 0 spiro atoms. The van der Waals surface area contributed by atoms with E-state index in [1.54, 1.807) is 13.2 Å². The SMILES string of the molecule is COc1ccccc1-c1cc(C(=O)N(C)OC)[nH]n1. The van der Waals surface area contributed by atoms with Crippen LogP contribution in [0, 0.1) is 0 Å². The Hall–Kier alpha value is -2.34. The van der Waals surface area contributed by atoms with E-state index in [4.69, 9.17) is 9.57 Å². The summed E-state index contributed by atoms with van der Waals surface area (Å²) in [5, 5.41) is 7.94. The van der Waals surface area contributed by atoms with Gasteiger partial charge in [0.25, 0.3) is 5.91 Å². The Morgan fingerprint density at radius 3 is 2.74 bits per heavy atom. The van der Waals surface area contributed by atoms with Gasteiger partial charge in [-0.25, -0.2) is 5.06 Å². The number of hydrogen-bond acceptors (Lipinski definition) is 4. The molecule has 1 aromatic carbocycles. The van der Waals surface area contributed by atoms with Gasteiger partial charge in [0.1, 0.15) is 11.4 Å². The molecule has 0 unspecified atom stereocenters. The molecule has 2 aromatic rings. The van der Waals surface area contributed by atoms with Crippen LogP contribution < -0.4 is 4.74 Å². The smallest absolute Gasteiger partial charge is 0.295 e.